The van der Waals surface area contributed by atoms with E-state index in [1.54, 1.807) is 0 Å². The quantitative estimate of drug-likeness (QED) is 0.928. The lowest BCUT2D eigenvalue weighted by Gasteiger charge is -2.24. The van der Waals surface area contributed by atoms with Crippen molar-refractivity contribution in [1.82, 2.24) is 0 Å². The lowest BCUT2D eigenvalue weighted by atomic mass is 10.0. The fourth-order valence-electron chi connectivity index (χ4n) is 2.77. The third kappa shape index (κ3) is 2.79. The smallest absolute Gasteiger partial charge is 0.199 e. The minimum Gasteiger partial charge on any atom is -0.464 e. The molecule has 20 heavy (non-hydrogen) atoms. The zero-order chi connectivity index (χ0) is 13.8. The normalized spacial score (nSPS) is 19.1. The Morgan fingerprint density at radius 2 is 1.95 bits per heavy atom. The van der Waals surface area contributed by atoms with Gasteiger partial charge >= 0.3 is 0 Å². The van der Waals surface area contributed by atoms with Gasteiger partial charge in [0.2, 0.25) is 0 Å². The van der Waals surface area contributed by atoms with E-state index in [1.165, 1.54) is 17.4 Å². The van der Waals surface area contributed by atoms with Gasteiger partial charge in [0.15, 0.2) is 6.29 Å². The highest BCUT2D eigenvalue weighted by molar-refractivity contribution is 5.91. The van der Waals surface area contributed by atoms with Crippen LogP contribution in [0.15, 0.2) is 36.4 Å². The molecule has 0 radical (unpaired) electrons. The summed E-state index contributed by atoms with van der Waals surface area (Å²) in [5, 5.41) is 2.37. The lowest BCUT2D eigenvalue weighted by Crippen LogP contribution is -2.25. The molecule has 1 atom stereocenters. The topological polar surface area (TPSA) is 44.5 Å². The minimum atomic E-state index is -0.104. The van der Waals surface area contributed by atoms with Crippen LogP contribution in [0.5, 0.6) is 5.75 Å². The van der Waals surface area contributed by atoms with Crippen LogP contribution in [-0.4, -0.2) is 19.4 Å². The van der Waals surface area contributed by atoms with Crippen molar-refractivity contribution in [3.05, 3.63) is 42.0 Å². The van der Waals surface area contributed by atoms with Crippen LogP contribution in [0.2, 0.25) is 0 Å². The van der Waals surface area contributed by atoms with Gasteiger partial charge < -0.3 is 15.2 Å². The average Bonchev–Trinajstić information content (AvgIpc) is 2.50. The fraction of sp³-hybridized carbons (Fsp3) is 0.412. The molecule has 0 aliphatic carbocycles. The maximum atomic E-state index is 6.05. The molecular formula is C17H21NO2. The van der Waals surface area contributed by atoms with E-state index in [0.29, 0.717) is 6.54 Å². The second-order valence-electron chi connectivity index (χ2n) is 5.22. The first kappa shape index (κ1) is 13.4. The minimum absolute atomic E-state index is 0.104. The molecule has 2 aromatic carbocycles. The van der Waals surface area contributed by atoms with Crippen LogP contribution in [-0.2, 0) is 11.2 Å². The predicted octanol–water partition coefficient (Wildman–Crippen LogP) is 3.25. The van der Waals surface area contributed by atoms with Gasteiger partial charge in [0.1, 0.15) is 5.75 Å². The van der Waals surface area contributed by atoms with Gasteiger partial charge in [-0.3, -0.25) is 0 Å². The number of hydrogen-bond acceptors (Lipinski definition) is 3. The van der Waals surface area contributed by atoms with E-state index in [-0.39, 0.29) is 6.29 Å². The van der Waals surface area contributed by atoms with Crippen molar-refractivity contribution in [2.24, 2.45) is 5.73 Å². The van der Waals surface area contributed by atoms with Gasteiger partial charge in [0.05, 0.1) is 6.61 Å². The van der Waals surface area contributed by atoms with Gasteiger partial charge in [-0.15, -0.1) is 0 Å². The summed E-state index contributed by atoms with van der Waals surface area (Å²) < 4.78 is 11.7. The second kappa shape index (κ2) is 6.25. The molecule has 1 aliphatic heterocycles. The summed E-state index contributed by atoms with van der Waals surface area (Å²) in [6.07, 6.45) is 4.07. The van der Waals surface area contributed by atoms with Gasteiger partial charge in [0, 0.05) is 11.8 Å². The summed E-state index contributed by atoms with van der Waals surface area (Å²) in [6, 6.07) is 12.5. The van der Waals surface area contributed by atoms with Crippen molar-refractivity contribution in [1.29, 1.82) is 0 Å². The van der Waals surface area contributed by atoms with Crippen molar-refractivity contribution in [2.75, 3.05) is 13.2 Å². The van der Waals surface area contributed by atoms with Gasteiger partial charge in [-0.1, -0.05) is 30.3 Å². The molecular weight excluding hydrogens is 250 g/mol. The summed E-state index contributed by atoms with van der Waals surface area (Å²) in [6.45, 7) is 1.46. The highest BCUT2D eigenvalue weighted by atomic mass is 16.7. The van der Waals surface area contributed by atoms with E-state index >= 15 is 0 Å². The third-order valence-corrected chi connectivity index (χ3v) is 3.78. The van der Waals surface area contributed by atoms with Crippen molar-refractivity contribution in [3.63, 3.8) is 0 Å². The fourth-order valence-corrected chi connectivity index (χ4v) is 2.77. The van der Waals surface area contributed by atoms with Crippen molar-refractivity contribution in [3.8, 4) is 5.75 Å². The molecule has 3 heteroatoms. The number of ether oxygens (including phenoxy) is 2. The van der Waals surface area contributed by atoms with Crippen LogP contribution in [0.4, 0.5) is 0 Å². The molecule has 0 bridgehead atoms. The zero-order valence-electron chi connectivity index (χ0n) is 11.7. The highest BCUT2D eigenvalue weighted by Gasteiger charge is 2.16. The van der Waals surface area contributed by atoms with Crippen molar-refractivity contribution < 1.29 is 9.47 Å². The van der Waals surface area contributed by atoms with E-state index in [4.69, 9.17) is 15.2 Å². The third-order valence-electron chi connectivity index (χ3n) is 3.78. The van der Waals surface area contributed by atoms with E-state index in [1.807, 2.05) is 12.1 Å². The van der Waals surface area contributed by atoms with Crippen LogP contribution in [0, 0.1) is 0 Å². The summed E-state index contributed by atoms with van der Waals surface area (Å²) in [5.41, 5.74) is 6.97. The van der Waals surface area contributed by atoms with E-state index < -0.39 is 0 Å². The molecule has 1 unspecified atom stereocenters. The Hall–Kier alpha value is -1.58. The average molecular weight is 271 g/mol. The Morgan fingerprint density at radius 3 is 2.75 bits per heavy atom. The number of benzene rings is 2. The van der Waals surface area contributed by atoms with Crippen LogP contribution in [0.1, 0.15) is 24.8 Å². The highest BCUT2D eigenvalue weighted by Crippen LogP contribution is 2.30. The summed E-state index contributed by atoms with van der Waals surface area (Å²) >= 11 is 0. The molecule has 2 N–H and O–H groups in total. The molecule has 0 spiro atoms. The monoisotopic (exact) mass is 271 g/mol. The number of hydrogen-bond donors (Lipinski definition) is 1. The zero-order valence-corrected chi connectivity index (χ0v) is 11.7. The Morgan fingerprint density at radius 1 is 1.10 bits per heavy atom. The molecule has 3 nitrogen and oxygen atoms in total. The molecule has 0 aromatic heterocycles. The number of rotatable bonds is 4. The molecule has 1 fully saturated rings. The van der Waals surface area contributed by atoms with E-state index in [2.05, 4.69) is 24.3 Å². The van der Waals surface area contributed by atoms with Crippen LogP contribution >= 0.6 is 0 Å². The molecule has 106 valence electrons. The van der Waals surface area contributed by atoms with E-state index in [9.17, 15) is 0 Å². The number of fused-ring (bicyclic) bond motifs is 1. The Balaban J connectivity index is 1.92. The molecule has 0 saturated carbocycles. The van der Waals surface area contributed by atoms with Gasteiger partial charge in [-0.25, -0.2) is 0 Å². The first-order chi connectivity index (χ1) is 9.88. The molecule has 1 saturated heterocycles. The van der Waals surface area contributed by atoms with Crippen molar-refractivity contribution >= 4 is 10.8 Å². The van der Waals surface area contributed by atoms with E-state index in [0.717, 1.165) is 37.0 Å². The molecule has 3 rings (SSSR count). The first-order valence-corrected chi connectivity index (χ1v) is 7.37. The standard InChI is InChI=1S/C17H21NO2/c18-11-10-13-5-3-7-15-14(13)6-4-8-16(15)20-17-9-1-2-12-19-17/h3-8,17H,1-2,9-12,18H2. The molecule has 1 aliphatic rings. The molecule has 0 amide bonds. The predicted molar refractivity (Wildman–Crippen MR) is 80.9 cm³/mol. The van der Waals surface area contributed by atoms with Crippen LogP contribution in [0.25, 0.3) is 10.8 Å². The first-order valence-electron chi connectivity index (χ1n) is 7.37. The largest absolute Gasteiger partial charge is 0.464 e. The Kier molecular flexibility index (Phi) is 4.19. The summed E-state index contributed by atoms with van der Waals surface area (Å²) in [7, 11) is 0. The lowest BCUT2D eigenvalue weighted by molar-refractivity contribution is -0.105. The van der Waals surface area contributed by atoms with Crippen molar-refractivity contribution in [2.45, 2.75) is 32.0 Å². The maximum Gasteiger partial charge on any atom is 0.199 e. The van der Waals surface area contributed by atoms with Gasteiger partial charge in [-0.05, 0) is 42.8 Å². The Labute approximate surface area is 119 Å². The molecule has 1 heterocycles. The van der Waals surface area contributed by atoms with Gasteiger partial charge in [-0.2, -0.15) is 0 Å². The second-order valence-corrected chi connectivity index (χ2v) is 5.22. The summed E-state index contributed by atoms with van der Waals surface area (Å²) in [5.74, 6) is 0.910. The van der Waals surface area contributed by atoms with Crippen LogP contribution < -0.4 is 10.5 Å². The van der Waals surface area contributed by atoms with Crippen LogP contribution in [0.3, 0.4) is 0 Å². The van der Waals surface area contributed by atoms with Gasteiger partial charge in [0.25, 0.3) is 0 Å². The molecule has 2 aromatic rings. The number of nitrogens with two attached hydrogens (primary N) is 1. The summed E-state index contributed by atoms with van der Waals surface area (Å²) in [4.78, 5) is 0. The maximum absolute atomic E-state index is 6.05. The SMILES string of the molecule is NCCc1cccc2c(OC3CCCCO3)cccc12. The Bertz CT molecular complexity index is 576.